The first-order valence-electron chi connectivity index (χ1n) is 20.9. The Hall–Kier alpha value is -4.25. The first-order chi connectivity index (χ1) is 28.6. The summed E-state index contributed by atoms with van der Waals surface area (Å²) in [6.07, 6.45) is 5.87. The molecule has 4 fully saturated rings. The van der Waals surface area contributed by atoms with Gasteiger partial charge < -0.3 is 60.4 Å². The zero-order chi connectivity index (χ0) is 42.2. The van der Waals surface area contributed by atoms with E-state index in [2.05, 4.69) is 24.5 Å². The maximum atomic E-state index is 14.0. The van der Waals surface area contributed by atoms with Crippen LogP contribution in [-0.4, -0.2) is 122 Å². The Balaban J connectivity index is 1.21. The van der Waals surface area contributed by atoms with E-state index in [1.807, 2.05) is 18.2 Å². The average molecular weight is 824 g/mol. The fourth-order valence-corrected chi connectivity index (χ4v) is 8.96. The number of rotatable bonds is 27. The summed E-state index contributed by atoms with van der Waals surface area (Å²) in [6.45, 7) is 10.2. The molecule has 7 N–H and O–H groups in total. The molecule has 326 valence electrons. The summed E-state index contributed by atoms with van der Waals surface area (Å²) in [7, 11) is 3.10. The third kappa shape index (κ3) is 12.2. The summed E-state index contributed by atoms with van der Waals surface area (Å²) in [4.78, 5) is 32.1. The zero-order valence-electron chi connectivity index (χ0n) is 35.2. The quantitative estimate of drug-likeness (QED) is 0.0474. The lowest BCUT2D eigenvalue weighted by Crippen LogP contribution is -2.70. The first kappa shape index (κ1) is 45.8. The van der Waals surface area contributed by atoms with Crippen molar-refractivity contribution in [3.05, 3.63) is 59.3 Å². The Morgan fingerprint density at radius 1 is 0.814 bits per heavy atom. The number of benzene rings is 2. The molecular weight excluding hydrogens is 759 g/mol. The minimum Gasteiger partial charge on any atom is -0.496 e. The summed E-state index contributed by atoms with van der Waals surface area (Å²) in [5.41, 5.74) is 13.8. The third-order valence-corrected chi connectivity index (χ3v) is 11.6. The van der Waals surface area contributed by atoms with E-state index < -0.39 is 17.4 Å². The molecule has 0 saturated heterocycles. The number of aliphatic carboxylic acids is 1. The Kier molecular flexibility index (Phi) is 17.8. The second kappa shape index (κ2) is 22.9. The molecule has 2 aromatic rings. The minimum absolute atomic E-state index is 0.0826. The third-order valence-electron chi connectivity index (χ3n) is 11.6. The smallest absolute Gasteiger partial charge is 0.330 e. The van der Waals surface area contributed by atoms with Gasteiger partial charge in [0.05, 0.1) is 103 Å². The van der Waals surface area contributed by atoms with Gasteiger partial charge in [0.15, 0.2) is 0 Å². The van der Waals surface area contributed by atoms with Crippen LogP contribution in [0.2, 0.25) is 0 Å². The maximum Gasteiger partial charge on any atom is 0.330 e. The molecule has 0 unspecified atom stereocenters. The van der Waals surface area contributed by atoms with E-state index in [9.17, 15) is 14.7 Å². The van der Waals surface area contributed by atoms with Crippen LogP contribution in [0.4, 0.5) is 11.4 Å². The van der Waals surface area contributed by atoms with Gasteiger partial charge in [-0.15, -0.1) is 0 Å². The predicted octanol–water partition coefficient (Wildman–Crippen LogP) is 4.64. The van der Waals surface area contributed by atoms with Crippen LogP contribution in [0.15, 0.2) is 53.2 Å². The van der Waals surface area contributed by atoms with Crippen LogP contribution >= 0.6 is 0 Å². The van der Waals surface area contributed by atoms with E-state index in [4.69, 9.17) is 49.6 Å². The topological polar surface area (TPSA) is 207 Å². The van der Waals surface area contributed by atoms with Crippen LogP contribution in [-0.2, 0) is 33.3 Å². The summed E-state index contributed by atoms with van der Waals surface area (Å²) in [6, 6.07) is 11.3. The number of hydrogen-bond donors (Lipinski definition) is 5. The number of anilines is 1. The second-order valence-corrected chi connectivity index (χ2v) is 15.8. The standard InChI is InChI=1S/C44H65N5O10/c1-29(2)35-27-34(47-11-13-56-15-17-58-19-21-59-20-18-57-16-14-55-12-10-45)8-9-37(35)48-38(41-39(53-3)6-5-7-40(41)54-4)28-36(46)42(50)49-44(43(51)52)32-23-30-22-31(25-32)26-33(44)24-30/h5-9,27-33,47H,10-26,45-46H2,1-4H3,(H,49,50)(H,51,52). The van der Waals surface area contributed by atoms with Gasteiger partial charge in [-0.25, -0.2) is 9.79 Å². The highest BCUT2D eigenvalue weighted by molar-refractivity contribution is 6.16. The molecule has 4 saturated carbocycles. The van der Waals surface area contributed by atoms with Gasteiger partial charge in [0, 0.05) is 18.8 Å². The first-order valence-corrected chi connectivity index (χ1v) is 20.9. The number of amides is 1. The van der Waals surface area contributed by atoms with Crippen molar-refractivity contribution in [1.29, 1.82) is 0 Å². The number of carboxylic acids is 1. The number of methoxy groups -OCH3 is 2. The predicted molar refractivity (Wildman–Crippen MR) is 226 cm³/mol. The second-order valence-electron chi connectivity index (χ2n) is 15.8. The number of hydrogen-bond acceptors (Lipinski definition) is 13. The summed E-state index contributed by atoms with van der Waals surface area (Å²) < 4.78 is 39.0. The average Bonchev–Trinajstić information content (AvgIpc) is 3.22. The van der Waals surface area contributed by atoms with Crippen LogP contribution in [0.5, 0.6) is 11.5 Å². The van der Waals surface area contributed by atoms with Crippen molar-refractivity contribution in [1.82, 2.24) is 5.32 Å². The Bertz CT molecular complexity index is 1680. The van der Waals surface area contributed by atoms with Crippen molar-refractivity contribution in [3.63, 3.8) is 0 Å². The molecule has 2 aromatic carbocycles. The number of nitrogens with zero attached hydrogens (tertiary/aromatic N) is 1. The van der Waals surface area contributed by atoms with Crippen molar-refractivity contribution >= 4 is 29.0 Å². The molecule has 15 heteroatoms. The van der Waals surface area contributed by atoms with Crippen LogP contribution in [0.1, 0.15) is 63.0 Å². The van der Waals surface area contributed by atoms with Gasteiger partial charge in [-0.2, -0.15) is 0 Å². The lowest BCUT2D eigenvalue weighted by Gasteiger charge is -2.59. The van der Waals surface area contributed by atoms with E-state index >= 15 is 0 Å². The molecule has 1 amide bonds. The van der Waals surface area contributed by atoms with E-state index in [1.165, 1.54) is 6.08 Å². The zero-order valence-corrected chi connectivity index (χ0v) is 35.2. The van der Waals surface area contributed by atoms with Crippen LogP contribution in [0.25, 0.3) is 0 Å². The molecule has 0 atom stereocenters. The molecule has 4 aliphatic carbocycles. The molecule has 0 aliphatic heterocycles. The summed E-state index contributed by atoms with van der Waals surface area (Å²) in [5, 5.41) is 17.0. The molecule has 4 bridgehead atoms. The number of allylic oxidation sites excluding steroid dienone is 1. The summed E-state index contributed by atoms with van der Waals surface area (Å²) >= 11 is 0. The lowest BCUT2D eigenvalue weighted by molar-refractivity contribution is -0.167. The number of carbonyl (C=O) groups excluding carboxylic acids is 1. The van der Waals surface area contributed by atoms with Crippen molar-refractivity contribution in [3.8, 4) is 11.5 Å². The Labute approximate surface area is 348 Å². The normalized spacial score (nSPS) is 22.5. The number of nitrogens with two attached hydrogens (primary N) is 2. The SMILES string of the molecule is COc1cccc(OC)c1C(C=C(N)C(=O)NC1(C(=O)O)C2CC3CC(C2)CC1C3)=Nc1ccc(NCCOCCOCCOCCOCCOCCN)cc1C(C)C. The Morgan fingerprint density at radius 3 is 1.83 bits per heavy atom. The monoisotopic (exact) mass is 823 g/mol. The lowest BCUT2D eigenvalue weighted by atomic mass is 9.48. The van der Waals surface area contributed by atoms with E-state index in [0.717, 1.165) is 43.4 Å². The maximum absolute atomic E-state index is 14.0. The van der Waals surface area contributed by atoms with Crippen LogP contribution in [0.3, 0.4) is 0 Å². The fraction of sp³-hybridized carbons (Fsp3) is 0.614. The molecule has 0 heterocycles. The molecule has 0 aromatic heterocycles. The van der Waals surface area contributed by atoms with Crippen LogP contribution in [0, 0.1) is 23.7 Å². The van der Waals surface area contributed by atoms with E-state index in [-0.39, 0.29) is 23.5 Å². The molecule has 0 spiro atoms. The molecule has 4 aliphatic rings. The number of aliphatic imine (C=N–C) groups is 1. The molecule has 0 radical (unpaired) electrons. The minimum atomic E-state index is -1.35. The van der Waals surface area contributed by atoms with Gasteiger partial charge in [0.1, 0.15) is 17.0 Å². The van der Waals surface area contributed by atoms with Gasteiger partial charge in [0.25, 0.3) is 5.91 Å². The Morgan fingerprint density at radius 2 is 1.34 bits per heavy atom. The largest absolute Gasteiger partial charge is 0.496 e. The molecular formula is C44H65N5O10. The number of nitrogens with one attached hydrogen (secondary N) is 2. The number of carbonyl (C=O) groups is 2. The van der Waals surface area contributed by atoms with Gasteiger partial charge in [-0.1, -0.05) is 19.9 Å². The van der Waals surface area contributed by atoms with Crippen LogP contribution < -0.4 is 31.6 Å². The van der Waals surface area contributed by atoms with Gasteiger partial charge in [-0.3, -0.25) is 4.79 Å². The molecule has 15 nitrogen and oxygen atoms in total. The van der Waals surface area contributed by atoms with Crippen molar-refractivity contribution in [2.24, 2.45) is 40.1 Å². The summed E-state index contributed by atoms with van der Waals surface area (Å²) in [5.74, 6) is 0.211. The number of ether oxygens (including phenoxy) is 7. The highest BCUT2D eigenvalue weighted by Crippen LogP contribution is 2.58. The van der Waals surface area contributed by atoms with Gasteiger partial charge in [0.2, 0.25) is 0 Å². The van der Waals surface area contributed by atoms with Gasteiger partial charge >= 0.3 is 5.97 Å². The highest BCUT2D eigenvalue weighted by Gasteiger charge is 2.62. The van der Waals surface area contributed by atoms with Gasteiger partial charge in [-0.05, 0) is 104 Å². The fourth-order valence-electron chi connectivity index (χ4n) is 8.96. The highest BCUT2D eigenvalue weighted by atomic mass is 16.6. The van der Waals surface area contributed by atoms with Crippen molar-refractivity contribution in [2.45, 2.75) is 57.4 Å². The van der Waals surface area contributed by atoms with E-state index in [0.29, 0.717) is 119 Å². The van der Waals surface area contributed by atoms with E-state index in [1.54, 1.807) is 32.4 Å². The molecule has 6 rings (SSSR count). The van der Waals surface area contributed by atoms with Crippen molar-refractivity contribution < 1.29 is 47.9 Å². The van der Waals surface area contributed by atoms with Crippen molar-refractivity contribution in [2.75, 3.05) is 98.7 Å². The number of carboxylic acid groups (broad SMARTS) is 1. The molecule has 59 heavy (non-hydrogen) atoms.